The smallest absolute Gasteiger partial charge is 0.230 e. The SMILES string of the molecule is CCc1nn(C2CCC2)c2cc(N3CCN(C(=O)Cc4n[nH]c(N)n4)C(Cc4ccccc4)C3)ccc12. The third-order valence-corrected chi connectivity index (χ3v) is 7.86. The molecule has 0 spiro atoms. The first kappa shape index (κ1) is 23.5. The Morgan fingerprint density at radius 1 is 1.14 bits per heavy atom. The number of piperazine rings is 1. The van der Waals surface area contributed by atoms with Crippen LogP contribution >= 0.6 is 0 Å². The number of benzene rings is 2. The normalized spacial score (nSPS) is 18.4. The summed E-state index contributed by atoms with van der Waals surface area (Å²) in [7, 11) is 0. The zero-order valence-electron chi connectivity index (χ0n) is 21.3. The number of aryl methyl sites for hydroxylation is 1. The maximum Gasteiger partial charge on any atom is 0.230 e. The Hall–Kier alpha value is -3.88. The van der Waals surface area contributed by atoms with Crippen LogP contribution in [-0.2, 0) is 24.1 Å². The Balaban J connectivity index is 1.27. The molecule has 1 saturated carbocycles. The maximum absolute atomic E-state index is 13.4. The number of hydrogen-bond donors (Lipinski definition) is 2. The van der Waals surface area contributed by atoms with E-state index in [0.29, 0.717) is 18.4 Å². The van der Waals surface area contributed by atoms with E-state index in [4.69, 9.17) is 10.8 Å². The Morgan fingerprint density at radius 2 is 1.97 bits per heavy atom. The van der Waals surface area contributed by atoms with E-state index >= 15 is 0 Å². The molecule has 1 aliphatic carbocycles. The number of fused-ring (bicyclic) bond motifs is 1. The summed E-state index contributed by atoms with van der Waals surface area (Å²) in [5.41, 5.74) is 10.5. The number of nitrogens with two attached hydrogens (primary N) is 1. The molecule has 9 heteroatoms. The minimum atomic E-state index is 0.0330. The molecule has 1 aliphatic heterocycles. The van der Waals surface area contributed by atoms with E-state index in [-0.39, 0.29) is 24.3 Å². The quantitative estimate of drug-likeness (QED) is 0.404. The molecule has 9 nitrogen and oxygen atoms in total. The van der Waals surface area contributed by atoms with Gasteiger partial charge in [0.1, 0.15) is 0 Å². The van der Waals surface area contributed by atoms with Gasteiger partial charge in [-0.1, -0.05) is 37.3 Å². The zero-order chi connectivity index (χ0) is 25.4. The fraction of sp³-hybridized carbons (Fsp3) is 0.429. The summed E-state index contributed by atoms with van der Waals surface area (Å²) in [5.74, 6) is 0.701. The molecule has 37 heavy (non-hydrogen) atoms. The molecule has 2 aliphatic rings. The first-order valence-electron chi connectivity index (χ1n) is 13.3. The lowest BCUT2D eigenvalue weighted by Crippen LogP contribution is -2.56. The van der Waals surface area contributed by atoms with Crippen LogP contribution in [0.3, 0.4) is 0 Å². The molecule has 2 aromatic carbocycles. The van der Waals surface area contributed by atoms with Gasteiger partial charge < -0.3 is 15.5 Å². The van der Waals surface area contributed by atoms with Crippen molar-refractivity contribution in [3.05, 3.63) is 65.6 Å². The summed E-state index contributed by atoms with van der Waals surface area (Å²) < 4.78 is 2.27. The summed E-state index contributed by atoms with van der Waals surface area (Å²) in [6.45, 7) is 4.37. The van der Waals surface area contributed by atoms with Crippen molar-refractivity contribution in [1.82, 2.24) is 29.9 Å². The van der Waals surface area contributed by atoms with E-state index in [1.165, 1.54) is 47.1 Å². The topological polar surface area (TPSA) is 109 Å². The molecule has 6 rings (SSSR count). The van der Waals surface area contributed by atoms with Gasteiger partial charge in [-0.05, 0) is 55.9 Å². The van der Waals surface area contributed by atoms with Crippen LogP contribution in [0, 0.1) is 0 Å². The molecule has 3 heterocycles. The standard InChI is InChI=1S/C28H34N8O/c1-2-24-23-12-11-21(16-25(23)36(33-24)20-9-6-10-20)34-13-14-35(27(37)17-26-30-28(29)32-31-26)22(18-34)15-19-7-4-3-5-8-19/h3-5,7-8,11-12,16,20,22H,2,6,9-10,13-15,17-18H2,1H3,(H3,29,30,31,32). The number of carbonyl (C=O) groups excluding carboxylic acids is 1. The van der Waals surface area contributed by atoms with Gasteiger partial charge in [0.05, 0.1) is 29.7 Å². The van der Waals surface area contributed by atoms with Crippen molar-refractivity contribution < 1.29 is 4.79 Å². The van der Waals surface area contributed by atoms with E-state index in [1.54, 1.807) is 0 Å². The van der Waals surface area contributed by atoms with Crippen LogP contribution in [-0.4, -0.2) is 61.4 Å². The highest BCUT2D eigenvalue weighted by Gasteiger charge is 2.32. The molecule has 2 aromatic heterocycles. The van der Waals surface area contributed by atoms with Crippen LogP contribution in [0.15, 0.2) is 48.5 Å². The molecule has 1 unspecified atom stereocenters. The van der Waals surface area contributed by atoms with Crippen LogP contribution in [0.2, 0.25) is 0 Å². The largest absolute Gasteiger partial charge is 0.368 e. The highest BCUT2D eigenvalue weighted by atomic mass is 16.2. The van der Waals surface area contributed by atoms with Gasteiger partial charge in [0.2, 0.25) is 11.9 Å². The van der Waals surface area contributed by atoms with Crippen molar-refractivity contribution >= 4 is 28.4 Å². The first-order chi connectivity index (χ1) is 18.1. The fourth-order valence-electron chi connectivity index (χ4n) is 5.66. The average molecular weight is 499 g/mol. The molecule has 1 atom stereocenters. The Bertz CT molecular complexity index is 1390. The molecule has 192 valence electrons. The van der Waals surface area contributed by atoms with Crippen LogP contribution in [0.1, 0.15) is 49.3 Å². The van der Waals surface area contributed by atoms with Crippen molar-refractivity contribution in [1.29, 1.82) is 0 Å². The average Bonchev–Trinajstić information content (AvgIpc) is 3.46. The van der Waals surface area contributed by atoms with E-state index in [0.717, 1.165) is 25.9 Å². The van der Waals surface area contributed by atoms with Crippen molar-refractivity contribution in [3.63, 3.8) is 0 Å². The molecule has 3 N–H and O–H groups in total. The second-order valence-corrected chi connectivity index (χ2v) is 10.2. The second-order valence-electron chi connectivity index (χ2n) is 10.2. The number of anilines is 2. The molecule has 0 radical (unpaired) electrons. The molecule has 1 saturated heterocycles. The van der Waals surface area contributed by atoms with E-state index in [9.17, 15) is 4.79 Å². The number of H-pyrrole nitrogens is 1. The van der Waals surface area contributed by atoms with Gasteiger partial charge in [-0.15, -0.1) is 0 Å². The fourth-order valence-corrected chi connectivity index (χ4v) is 5.66. The van der Waals surface area contributed by atoms with Crippen LogP contribution in [0.4, 0.5) is 11.6 Å². The number of aromatic nitrogens is 5. The highest BCUT2D eigenvalue weighted by molar-refractivity contribution is 5.86. The lowest BCUT2D eigenvalue weighted by atomic mass is 9.93. The minimum absolute atomic E-state index is 0.0330. The van der Waals surface area contributed by atoms with Gasteiger partial charge in [0.25, 0.3) is 0 Å². The molecule has 0 bridgehead atoms. The van der Waals surface area contributed by atoms with Crippen molar-refractivity contribution in [3.8, 4) is 0 Å². The summed E-state index contributed by atoms with van der Waals surface area (Å²) in [4.78, 5) is 21.9. The number of nitrogens with zero attached hydrogens (tertiary/aromatic N) is 6. The summed E-state index contributed by atoms with van der Waals surface area (Å²) in [6, 6.07) is 17.7. The number of hydrogen-bond acceptors (Lipinski definition) is 6. The molecular formula is C28H34N8O. The molecule has 4 aromatic rings. The van der Waals surface area contributed by atoms with Crippen LogP contribution in [0.25, 0.3) is 10.9 Å². The number of amides is 1. The number of carbonyl (C=O) groups is 1. The van der Waals surface area contributed by atoms with Crippen molar-refractivity contribution in [2.24, 2.45) is 0 Å². The molecular weight excluding hydrogens is 464 g/mol. The van der Waals surface area contributed by atoms with Gasteiger partial charge in [-0.3, -0.25) is 9.48 Å². The molecule has 1 amide bonds. The number of aromatic amines is 1. The Kier molecular flexibility index (Phi) is 6.28. The zero-order valence-corrected chi connectivity index (χ0v) is 21.3. The first-order valence-corrected chi connectivity index (χ1v) is 13.3. The number of nitrogen functional groups attached to an aromatic ring is 1. The van der Waals surface area contributed by atoms with Gasteiger partial charge in [-0.25, -0.2) is 5.10 Å². The summed E-state index contributed by atoms with van der Waals surface area (Å²) in [5, 5.41) is 12.9. The van der Waals surface area contributed by atoms with E-state index < -0.39 is 0 Å². The predicted octanol–water partition coefficient (Wildman–Crippen LogP) is 3.53. The maximum atomic E-state index is 13.4. The van der Waals surface area contributed by atoms with Gasteiger partial charge in [0.15, 0.2) is 5.82 Å². The Labute approximate surface area is 216 Å². The van der Waals surface area contributed by atoms with Crippen molar-refractivity contribution in [2.75, 3.05) is 30.3 Å². The predicted molar refractivity (Wildman–Crippen MR) is 144 cm³/mol. The van der Waals surface area contributed by atoms with Crippen LogP contribution < -0.4 is 10.6 Å². The molecule has 2 fully saturated rings. The van der Waals surface area contributed by atoms with E-state index in [1.807, 2.05) is 11.0 Å². The minimum Gasteiger partial charge on any atom is -0.368 e. The lowest BCUT2D eigenvalue weighted by molar-refractivity contribution is -0.133. The van der Waals surface area contributed by atoms with E-state index in [2.05, 4.69) is 74.2 Å². The number of nitrogens with one attached hydrogen (secondary N) is 1. The van der Waals surface area contributed by atoms with Crippen molar-refractivity contribution in [2.45, 2.75) is 57.5 Å². The van der Waals surface area contributed by atoms with Crippen LogP contribution in [0.5, 0.6) is 0 Å². The van der Waals surface area contributed by atoms with Gasteiger partial charge in [-0.2, -0.15) is 15.2 Å². The van der Waals surface area contributed by atoms with Gasteiger partial charge in [0, 0.05) is 30.7 Å². The van der Waals surface area contributed by atoms with Gasteiger partial charge >= 0.3 is 0 Å². The monoisotopic (exact) mass is 498 g/mol. The summed E-state index contributed by atoms with van der Waals surface area (Å²) >= 11 is 0. The lowest BCUT2D eigenvalue weighted by Gasteiger charge is -2.42. The highest BCUT2D eigenvalue weighted by Crippen LogP contribution is 2.36. The second kappa shape index (κ2) is 9.88. The Morgan fingerprint density at radius 3 is 2.68 bits per heavy atom. The summed E-state index contributed by atoms with van der Waals surface area (Å²) in [6.07, 6.45) is 5.57. The number of rotatable bonds is 7. The third-order valence-electron chi connectivity index (χ3n) is 7.86. The third kappa shape index (κ3) is 4.65.